The van der Waals surface area contributed by atoms with Crippen molar-refractivity contribution in [3.63, 3.8) is 0 Å². The van der Waals surface area contributed by atoms with E-state index in [9.17, 15) is 14.4 Å². The van der Waals surface area contributed by atoms with Gasteiger partial charge in [0.25, 0.3) is 0 Å². The number of carbonyl (C=O) groups excluding carboxylic acids is 3. The molecule has 8 heteroatoms. The zero-order valence-electron chi connectivity index (χ0n) is 17.9. The molecule has 30 heavy (non-hydrogen) atoms. The normalized spacial score (nSPS) is 26.0. The number of amides is 2. The molecule has 2 fully saturated rings. The number of nitrogens with zero attached hydrogens (tertiary/aromatic N) is 1. The molecule has 0 aromatic heterocycles. The van der Waals surface area contributed by atoms with Crippen molar-refractivity contribution < 1.29 is 23.9 Å². The Morgan fingerprint density at radius 1 is 1.17 bits per heavy atom. The molecule has 2 aliphatic rings. The Kier molecular flexibility index (Phi) is 6.45. The average Bonchev–Trinajstić information content (AvgIpc) is 3.41. The number of methoxy groups -OCH3 is 1. The van der Waals surface area contributed by atoms with Gasteiger partial charge in [0.2, 0.25) is 5.91 Å². The van der Waals surface area contributed by atoms with Crippen molar-refractivity contribution in [3.05, 3.63) is 34.3 Å². The molecule has 1 aliphatic carbocycles. The van der Waals surface area contributed by atoms with Crippen molar-refractivity contribution in [1.82, 2.24) is 10.2 Å². The summed E-state index contributed by atoms with van der Waals surface area (Å²) in [4.78, 5) is 39.9. The number of benzene rings is 1. The van der Waals surface area contributed by atoms with E-state index in [1.165, 1.54) is 12.0 Å². The van der Waals surface area contributed by atoms with Gasteiger partial charge < -0.3 is 14.8 Å². The number of hydrogen-bond acceptors (Lipinski definition) is 5. The first-order valence-corrected chi connectivity index (χ1v) is 11.0. The predicted octanol–water partition coefficient (Wildman–Crippen LogP) is 3.75. The third-order valence-electron chi connectivity index (χ3n) is 5.56. The third kappa shape index (κ3) is 4.79. The highest BCUT2D eigenvalue weighted by molar-refractivity contribution is 9.10. The summed E-state index contributed by atoms with van der Waals surface area (Å²) in [5.74, 6) is -0.977. The molecule has 164 valence electrons. The first-order chi connectivity index (χ1) is 14.1. The molecule has 3 atom stereocenters. The molecular weight excluding hydrogens is 452 g/mol. The van der Waals surface area contributed by atoms with Crippen LogP contribution < -0.4 is 5.32 Å². The lowest BCUT2D eigenvalue weighted by Gasteiger charge is -2.36. The quantitative estimate of drug-likeness (QED) is 0.663. The van der Waals surface area contributed by atoms with Crippen molar-refractivity contribution in [1.29, 1.82) is 0 Å². The van der Waals surface area contributed by atoms with Gasteiger partial charge in [-0.3, -0.25) is 9.69 Å². The van der Waals surface area contributed by atoms with Crippen LogP contribution in [0.3, 0.4) is 0 Å². The van der Waals surface area contributed by atoms with Crippen molar-refractivity contribution in [2.45, 2.75) is 69.6 Å². The lowest BCUT2D eigenvalue weighted by atomic mass is 10.0. The standard InChI is InChI=1S/C22H29BrN2O5/c1-21(2,3)30-20(28)25-12-6-5-7-17(25)18(26)24-22(19(27)29-4)13-16(22)14-8-10-15(23)11-9-14/h8-11,16-17H,5-7,12-13H2,1-4H3,(H,24,26)/t16-,17+,22?/m1/s1. The zero-order chi connectivity index (χ0) is 22.1. The van der Waals surface area contributed by atoms with Crippen LogP contribution in [0.25, 0.3) is 0 Å². The summed E-state index contributed by atoms with van der Waals surface area (Å²) in [5.41, 5.74) is -0.792. The number of piperidine rings is 1. The minimum absolute atomic E-state index is 0.166. The third-order valence-corrected chi connectivity index (χ3v) is 6.09. The Morgan fingerprint density at radius 3 is 2.43 bits per heavy atom. The second-order valence-electron chi connectivity index (χ2n) is 8.95. The van der Waals surface area contributed by atoms with Crippen LogP contribution in [0.2, 0.25) is 0 Å². The highest BCUT2D eigenvalue weighted by Gasteiger charge is 2.63. The maximum atomic E-state index is 13.2. The molecule has 1 aliphatic heterocycles. The van der Waals surface area contributed by atoms with E-state index in [4.69, 9.17) is 9.47 Å². The van der Waals surface area contributed by atoms with Crippen molar-refractivity contribution in [2.24, 2.45) is 0 Å². The van der Waals surface area contributed by atoms with E-state index in [2.05, 4.69) is 21.2 Å². The number of carbonyl (C=O) groups is 3. The van der Waals surface area contributed by atoms with E-state index >= 15 is 0 Å². The van der Waals surface area contributed by atoms with Gasteiger partial charge in [-0.2, -0.15) is 0 Å². The highest BCUT2D eigenvalue weighted by atomic mass is 79.9. The van der Waals surface area contributed by atoms with E-state index in [1.807, 2.05) is 24.3 Å². The Labute approximate surface area is 185 Å². The topological polar surface area (TPSA) is 84.9 Å². The fraction of sp³-hybridized carbons (Fsp3) is 0.591. The maximum Gasteiger partial charge on any atom is 0.410 e. The number of ether oxygens (including phenoxy) is 2. The predicted molar refractivity (Wildman–Crippen MR) is 115 cm³/mol. The summed E-state index contributed by atoms with van der Waals surface area (Å²) in [6.07, 6.45) is 2.14. The van der Waals surface area contributed by atoms with Crippen LogP contribution in [0.4, 0.5) is 4.79 Å². The van der Waals surface area contributed by atoms with Gasteiger partial charge in [-0.1, -0.05) is 28.1 Å². The molecule has 0 bridgehead atoms. The zero-order valence-corrected chi connectivity index (χ0v) is 19.5. The largest absolute Gasteiger partial charge is 0.467 e. The Morgan fingerprint density at radius 2 is 1.83 bits per heavy atom. The molecule has 1 aromatic carbocycles. The monoisotopic (exact) mass is 480 g/mol. The molecule has 7 nitrogen and oxygen atoms in total. The molecule has 3 rings (SSSR count). The van der Waals surface area contributed by atoms with Gasteiger partial charge in [-0.25, -0.2) is 9.59 Å². The Balaban J connectivity index is 1.77. The van der Waals surface area contributed by atoms with E-state index in [1.54, 1.807) is 20.8 Å². The van der Waals surface area contributed by atoms with Gasteiger partial charge in [-0.05, 0) is 64.2 Å². The van der Waals surface area contributed by atoms with Gasteiger partial charge in [0.1, 0.15) is 17.2 Å². The van der Waals surface area contributed by atoms with Gasteiger partial charge in [0.15, 0.2) is 0 Å². The van der Waals surface area contributed by atoms with Crippen LogP contribution in [0, 0.1) is 0 Å². The Bertz CT molecular complexity index is 820. The molecular formula is C22H29BrN2O5. The second kappa shape index (κ2) is 8.57. The van der Waals surface area contributed by atoms with E-state index in [-0.39, 0.29) is 11.8 Å². The summed E-state index contributed by atoms with van der Waals surface area (Å²) >= 11 is 3.41. The minimum Gasteiger partial charge on any atom is -0.467 e. The fourth-order valence-electron chi connectivity index (χ4n) is 4.00. The van der Waals surface area contributed by atoms with Crippen molar-refractivity contribution >= 4 is 33.9 Å². The van der Waals surface area contributed by atoms with E-state index in [0.717, 1.165) is 22.9 Å². The molecule has 1 aromatic rings. The van der Waals surface area contributed by atoms with E-state index < -0.39 is 29.2 Å². The highest BCUT2D eigenvalue weighted by Crippen LogP contribution is 2.52. The summed E-state index contributed by atoms with van der Waals surface area (Å²) < 4.78 is 11.4. The number of hydrogen-bond donors (Lipinski definition) is 1. The average molecular weight is 481 g/mol. The molecule has 1 unspecified atom stereocenters. The number of nitrogens with one attached hydrogen (secondary N) is 1. The molecule has 0 radical (unpaired) electrons. The molecule has 1 saturated heterocycles. The summed E-state index contributed by atoms with van der Waals surface area (Å²) in [7, 11) is 1.32. The van der Waals surface area contributed by atoms with Gasteiger partial charge in [0.05, 0.1) is 7.11 Å². The van der Waals surface area contributed by atoms with Crippen molar-refractivity contribution in [3.8, 4) is 0 Å². The van der Waals surface area contributed by atoms with Crippen LogP contribution in [-0.2, 0) is 19.1 Å². The van der Waals surface area contributed by atoms with Gasteiger partial charge in [-0.15, -0.1) is 0 Å². The summed E-state index contributed by atoms with van der Waals surface area (Å²) in [6.45, 7) is 5.84. The lowest BCUT2D eigenvalue weighted by Crippen LogP contribution is -2.57. The molecule has 1 heterocycles. The molecule has 0 spiro atoms. The van der Waals surface area contributed by atoms with E-state index in [0.29, 0.717) is 19.4 Å². The molecule has 1 N–H and O–H groups in total. The fourth-order valence-corrected chi connectivity index (χ4v) is 4.27. The van der Waals surface area contributed by atoms with Crippen LogP contribution in [0.1, 0.15) is 57.9 Å². The lowest BCUT2D eigenvalue weighted by molar-refractivity contribution is -0.147. The molecule has 2 amide bonds. The van der Waals surface area contributed by atoms with Crippen LogP contribution in [0.5, 0.6) is 0 Å². The minimum atomic E-state index is -1.10. The first-order valence-electron chi connectivity index (χ1n) is 10.2. The first kappa shape index (κ1) is 22.6. The summed E-state index contributed by atoms with van der Waals surface area (Å²) in [5, 5.41) is 2.92. The Hall–Kier alpha value is -2.09. The summed E-state index contributed by atoms with van der Waals surface area (Å²) in [6, 6.07) is 7.01. The number of esters is 1. The van der Waals surface area contributed by atoms with Gasteiger partial charge in [0, 0.05) is 16.9 Å². The van der Waals surface area contributed by atoms with Crippen LogP contribution in [0.15, 0.2) is 28.7 Å². The van der Waals surface area contributed by atoms with Gasteiger partial charge >= 0.3 is 12.1 Å². The SMILES string of the molecule is COC(=O)C1(NC(=O)[C@@H]2CCCCN2C(=O)OC(C)(C)C)C[C@@H]1c1ccc(Br)cc1. The maximum absolute atomic E-state index is 13.2. The second-order valence-corrected chi connectivity index (χ2v) is 9.86. The van der Waals surface area contributed by atoms with Crippen molar-refractivity contribution in [2.75, 3.05) is 13.7 Å². The van der Waals surface area contributed by atoms with Crippen LogP contribution >= 0.6 is 15.9 Å². The van der Waals surface area contributed by atoms with Crippen LogP contribution in [-0.4, -0.2) is 53.7 Å². The number of likely N-dealkylation sites (tertiary alicyclic amines) is 1. The molecule has 1 saturated carbocycles. The smallest absolute Gasteiger partial charge is 0.410 e. The number of rotatable bonds is 4. The number of halogens is 1.